The lowest BCUT2D eigenvalue weighted by molar-refractivity contribution is -0.117. The molecule has 5 rings (SSSR count). The van der Waals surface area contributed by atoms with Gasteiger partial charge in [0.15, 0.2) is 0 Å². The molecule has 3 fully saturated rings. The predicted octanol–water partition coefficient (Wildman–Crippen LogP) is 4.65. The van der Waals surface area contributed by atoms with Gasteiger partial charge in [0.05, 0.1) is 17.3 Å². The number of hydrogen-bond donors (Lipinski definition) is 1. The van der Waals surface area contributed by atoms with E-state index in [9.17, 15) is 9.59 Å². The lowest BCUT2D eigenvalue weighted by atomic mass is 9.91. The topological polar surface area (TPSA) is 55.9 Å². The Balaban J connectivity index is 1.49. The van der Waals surface area contributed by atoms with Crippen molar-refractivity contribution in [3.8, 4) is 0 Å². The zero-order valence-corrected chi connectivity index (χ0v) is 21.2. The average Bonchev–Trinajstić information content (AvgIpc) is 3.69. The number of amides is 2. The van der Waals surface area contributed by atoms with Gasteiger partial charge in [-0.2, -0.15) is 0 Å². The molecule has 6 heteroatoms. The standard InChI is InChI=1S/C29H38N4O2/c1-20-15-21(2)18-32(17-20)26-16-24(30-28(34)23-9-10-23)11-12-25(26)29(35)33-14-13-31(3)19-27(33)22-7-5-4-6-8-22/h4-8,11-12,16,20-21,23,27H,9-10,13-15,17-19H2,1-3H3,(H,30,34)/t20-,21-,27-/m1/s1. The van der Waals surface area contributed by atoms with Gasteiger partial charge in [0.2, 0.25) is 5.91 Å². The average molecular weight is 475 g/mol. The molecule has 0 bridgehead atoms. The molecule has 0 aromatic heterocycles. The number of piperazine rings is 1. The number of carbonyl (C=O) groups excluding carboxylic acids is 2. The van der Waals surface area contributed by atoms with E-state index < -0.39 is 0 Å². The number of carbonyl (C=O) groups is 2. The highest BCUT2D eigenvalue weighted by atomic mass is 16.2. The van der Waals surface area contributed by atoms with E-state index >= 15 is 0 Å². The van der Waals surface area contributed by atoms with Gasteiger partial charge in [-0.05, 0) is 61.9 Å². The molecule has 0 unspecified atom stereocenters. The number of benzene rings is 2. The molecule has 2 aliphatic heterocycles. The van der Waals surface area contributed by atoms with Gasteiger partial charge in [-0.3, -0.25) is 9.59 Å². The molecule has 1 N–H and O–H groups in total. The molecule has 3 atom stereocenters. The predicted molar refractivity (Wildman–Crippen MR) is 141 cm³/mol. The van der Waals surface area contributed by atoms with Gasteiger partial charge in [-0.15, -0.1) is 0 Å². The molecule has 2 amide bonds. The van der Waals surface area contributed by atoms with Crippen molar-refractivity contribution in [1.82, 2.24) is 9.80 Å². The highest BCUT2D eigenvalue weighted by molar-refractivity contribution is 6.02. The van der Waals surface area contributed by atoms with E-state index in [4.69, 9.17) is 0 Å². The van der Waals surface area contributed by atoms with Gasteiger partial charge in [0.25, 0.3) is 5.91 Å². The second kappa shape index (κ2) is 10.0. The molecule has 2 heterocycles. The Morgan fingerprint density at radius 1 is 0.914 bits per heavy atom. The zero-order valence-electron chi connectivity index (χ0n) is 21.2. The summed E-state index contributed by atoms with van der Waals surface area (Å²) >= 11 is 0. The monoisotopic (exact) mass is 474 g/mol. The summed E-state index contributed by atoms with van der Waals surface area (Å²) in [6, 6.07) is 16.2. The van der Waals surface area contributed by atoms with Gasteiger partial charge in [-0.1, -0.05) is 44.2 Å². The maximum absolute atomic E-state index is 14.2. The third kappa shape index (κ3) is 5.37. The van der Waals surface area contributed by atoms with Crippen molar-refractivity contribution in [2.45, 2.75) is 39.2 Å². The van der Waals surface area contributed by atoms with E-state index in [1.165, 1.54) is 12.0 Å². The number of nitrogens with zero attached hydrogens (tertiary/aromatic N) is 3. The van der Waals surface area contributed by atoms with Crippen LogP contribution in [0.1, 0.15) is 55.1 Å². The highest BCUT2D eigenvalue weighted by Gasteiger charge is 2.34. The van der Waals surface area contributed by atoms with Crippen LogP contribution >= 0.6 is 0 Å². The molecule has 1 saturated carbocycles. The lowest BCUT2D eigenvalue weighted by Crippen LogP contribution is -2.49. The fourth-order valence-electron chi connectivity index (χ4n) is 5.78. The van der Waals surface area contributed by atoms with Gasteiger partial charge >= 0.3 is 0 Å². The summed E-state index contributed by atoms with van der Waals surface area (Å²) in [7, 11) is 2.12. The molecular weight excluding hydrogens is 436 g/mol. The van der Waals surface area contributed by atoms with Crippen molar-refractivity contribution in [2.75, 3.05) is 50.0 Å². The van der Waals surface area contributed by atoms with Crippen LogP contribution < -0.4 is 10.2 Å². The van der Waals surface area contributed by atoms with Gasteiger partial charge in [-0.25, -0.2) is 0 Å². The molecule has 6 nitrogen and oxygen atoms in total. The molecule has 0 spiro atoms. The maximum atomic E-state index is 14.2. The highest BCUT2D eigenvalue weighted by Crippen LogP contribution is 2.35. The van der Waals surface area contributed by atoms with Crippen LogP contribution in [0.15, 0.2) is 48.5 Å². The first-order valence-electron chi connectivity index (χ1n) is 13.1. The van der Waals surface area contributed by atoms with Crippen LogP contribution in [-0.2, 0) is 4.79 Å². The zero-order chi connectivity index (χ0) is 24.5. The smallest absolute Gasteiger partial charge is 0.256 e. The Morgan fingerprint density at radius 2 is 1.63 bits per heavy atom. The molecule has 2 aromatic carbocycles. The van der Waals surface area contributed by atoms with E-state index in [1.807, 2.05) is 41.3 Å². The van der Waals surface area contributed by atoms with Crippen molar-refractivity contribution in [2.24, 2.45) is 17.8 Å². The summed E-state index contributed by atoms with van der Waals surface area (Å²) in [6.07, 6.45) is 3.15. The molecule has 0 radical (unpaired) electrons. The van der Waals surface area contributed by atoms with Crippen LogP contribution in [-0.4, -0.2) is 61.4 Å². The Hall–Kier alpha value is -2.86. The van der Waals surface area contributed by atoms with Crippen molar-refractivity contribution in [3.63, 3.8) is 0 Å². The first-order valence-corrected chi connectivity index (χ1v) is 13.1. The summed E-state index contributed by atoms with van der Waals surface area (Å²) in [4.78, 5) is 33.3. The van der Waals surface area contributed by atoms with E-state index in [2.05, 4.69) is 48.1 Å². The summed E-state index contributed by atoms with van der Waals surface area (Å²) in [5.74, 6) is 1.44. The minimum absolute atomic E-state index is 0.0174. The molecular formula is C29H38N4O2. The Morgan fingerprint density at radius 3 is 2.31 bits per heavy atom. The molecule has 186 valence electrons. The summed E-state index contributed by atoms with van der Waals surface area (Å²) in [6.45, 7) is 8.80. The molecule has 2 saturated heterocycles. The van der Waals surface area contributed by atoms with Crippen molar-refractivity contribution in [3.05, 3.63) is 59.7 Å². The number of rotatable bonds is 5. The van der Waals surface area contributed by atoms with Crippen molar-refractivity contribution >= 4 is 23.2 Å². The summed E-state index contributed by atoms with van der Waals surface area (Å²) in [5, 5.41) is 3.09. The Labute approximate surface area is 209 Å². The number of anilines is 2. The minimum atomic E-state index is 0.0174. The van der Waals surface area contributed by atoms with Gasteiger partial charge in [0, 0.05) is 44.3 Å². The fourth-order valence-corrected chi connectivity index (χ4v) is 5.78. The number of likely N-dealkylation sites (N-methyl/N-ethyl adjacent to an activating group) is 1. The van der Waals surface area contributed by atoms with Crippen molar-refractivity contribution in [1.29, 1.82) is 0 Å². The molecule has 1 aliphatic carbocycles. The largest absolute Gasteiger partial charge is 0.370 e. The Bertz CT molecular complexity index is 1060. The number of piperidine rings is 1. The van der Waals surface area contributed by atoms with Crippen LogP contribution in [0.4, 0.5) is 11.4 Å². The second-order valence-electron chi connectivity index (χ2n) is 11.0. The quantitative estimate of drug-likeness (QED) is 0.686. The van der Waals surface area contributed by atoms with Crippen LogP contribution in [0.5, 0.6) is 0 Å². The first kappa shape index (κ1) is 23.9. The van der Waals surface area contributed by atoms with Crippen LogP contribution in [0.2, 0.25) is 0 Å². The normalized spacial score (nSPS) is 25.4. The SMILES string of the molecule is C[C@@H]1C[C@@H](C)CN(c2cc(NC(=O)C3CC3)ccc2C(=O)N2CCN(C)C[C@@H]2c2ccccc2)C1. The van der Waals surface area contributed by atoms with Crippen LogP contribution in [0, 0.1) is 17.8 Å². The van der Waals surface area contributed by atoms with Crippen LogP contribution in [0.3, 0.4) is 0 Å². The number of nitrogens with one attached hydrogen (secondary N) is 1. The fraction of sp³-hybridized carbons (Fsp3) is 0.517. The molecule has 35 heavy (non-hydrogen) atoms. The summed E-state index contributed by atoms with van der Waals surface area (Å²) in [5.41, 5.74) is 3.65. The maximum Gasteiger partial charge on any atom is 0.256 e. The Kier molecular flexibility index (Phi) is 6.83. The first-order chi connectivity index (χ1) is 16.9. The minimum Gasteiger partial charge on any atom is -0.370 e. The van der Waals surface area contributed by atoms with Gasteiger partial charge in [0.1, 0.15) is 0 Å². The third-order valence-corrected chi connectivity index (χ3v) is 7.68. The van der Waals surface area contributed by atoms with Crippen LogP contribution in [0.25, 0.3) is 0 Å². The second-order valence-corrected chi connectivity index (χ2v) is 11.0. The van der Waals surface area contributed by atoms with E-state index in [0.717, 1.165) is 56.0 Å². The van der Waals surface area contributed by atoms with Crippen molar-refractivity contribution < 1.29 is 9.59 Å². The lowest BCUT2D eigenvalue weighted by Gasteiger charge is -2.42. The third-order valence-electron chi connectivity index (χ3n) is 7.68. The molecule has 2 aromatic rings. The number of hydrogen-bond acceptors (Lipinski definition) is 4. The van der Waals surface area contributed by atoms with E-state index in [0.29, 0.717) is 18.4 Å². The molecule has 3 aliphatic rings. The van der Waals surface area contributed by atoms with E-state index in [1.54, 1.807) is 0 Å². The van der Waals surface area contributed by atoms with Gasteiger partial charge < -0.3 is 20.0 Å². The summed E-state index contributed by atoms with van der Waals surface area (Å²) < 4.78 is 0. The van der Waals surface area contributed by atoms with E-state index in [-0.39, 0.29) is 23.8 Å².